The van der Waals surface area contributed by atoms with Gasteiger partial charge in [-0.1, -0.05) is 6.92 Å². The Morgan fingerprint density at radius 3 is 2.46 bits per heavy atom. The second kappa shape index (κ2) is 7.30. The molecule has 1 unspecified atom stereocenters. The third-order valence-electron chi connectivity index (χ3n) is 3.98. The number of ether oxygens (including phenoxy) is 3. The first-order chi connectivity index (χ1) is 11.2. The van der Waals surface area contributed by atoms with Gasteiger partial charge in [-0.25, -0.2) is 4.79 Å². The highest BCUT2D eigenvalue weighted by Gasteiger charge is 2.49. The molecule has 11 heteroatoms. The molecule has 0 spiro atoms. The lowest BCUT2D eigenvalue weighted by Gasteiger charge is -2.25. The molecular weight excluding hydrogens is 343 g/mol. The number of hydrogen-bond donors (Lipinski definition) is 3. The molecule has 0 aliphatic carbocycles. The number of hydrogen-bond acceptors (Lipinski definition) is 6. The van der Waals surface area contributed by atoms with Crippen molar-refractivity contribution in [1.29, 1.82) is 0 Å². The van der Waals surface area contributed by atoms with Crippen LogP contribution in [-0.2, 0) is 18.8 Å². The number of aromatic nitrogens is 2. The predicted octanol–water partition coefficient (Wildman–Crippen LogP) is -0.722. The maximum atomic E-state index is 12.0. The Kier molecular flexibility index (Phi) is 5.79. The van der Waals surface area contributed by atoms with Gasteiger partial charge in [0.25, 0.3) is 5.56 Å². The van der Waals surface area contributed by atoms with Crippen molar-refractivity contribution in [2.24, 2.45) is 5.92 Å². The summed E-state index contributed by atoms with van der Waals surface area (Å²) in [6, 6.07) is 1.17. The van der Waals surface area contributed by atoms with Crippen molar-refractivity contribution in [3.8, 4) is 0 Å². The Morgan fingerprint density at radius 2 is 1.96 bits per heavy atom. The number of rotatable bonds is 6. The van der Waals surface area contributed by atoms with Crippen molar-refractivity contribution in [3.05, 3.63) is 33.1 Å². The van der Waals surface area contributed by atoms with Gasteiger partial charge in [0, 0.05) is 26.5 Å². The summed E-state index contributed by atoms with van der Waals surface area (Å²) >= 11 is 0. The van der Waals surface area contributed by atoms with Crippen LogP contribution in [0.4, 0.5) is 0 Å². The van der Waals surface area contributed by atoms with Crippen LogP contribution < -0.4 is 11.2 Å². The summed E-state index contributed by atoms with van der Waals surface area (Å²) < 4.78 is 29.0. The highest BCUT2D eigenvalue weighted by atomic mass is 31.2. The number of nitrogens with one attached hydrogen (secondary N) is 1. The molecule has 0 radical (unpaired) electrons. The molecule has 1 fully saturated rings. The lowest BCUT2D eigenvalue weighted by atomic mass is 10.00. The van der Waals surface area contributed by atoms with Crippen LogP contribution in [0.1, 0.15) is 13.2 Å². The second-order valence-electron chi connectivity index (χ2n) is 5.73. The van der Waals surface area contributed by atoms with Gasteiger partial charge < -0.3 is 24.0 Å². The molecule has 0 amide bonds. The normalized spacial score (nSPS) is 28.9. The molecule has 1 aromatic heterocycles. The second-order valence-corrected chi connectivity index (χ2v) is 7.43. The Morgan fingerprint density at radius 1 is 1.33 bits per heavy atom. The van der Waals surface area contributed by atoms with E-state index in [4.69, 9.17) is 14.2 Å². The maximum Gasteiger partial charge on any atom is 0.330 e. The molecule has 10 nitrogen and oxygen atoms in total. The molecule has 1 aromatic rings. The largest absolute Gasteiger partial charge is 0.376 e. The molecular formula is C13H21N2O8P. The van der Waals surface area contributed by atoms with Crippen LogP contribution in [-0.4, -0.2) is 58.0 Å². The first kappa shape index (κ1) is 19.0. The first-order valence-electron chi connectivity index (χ1n) is 7.25. The van der Waals surface area contributed by atoms with Crippen LogP contribution in [0.5, 0.6) is 0 Å². The number of nitrogens with zero attached hydrogens (tertiary/aromatic N) is 1. The molecule has 136 valence electrons. The average Bonchev–Trinajstić information content (AvgIpc) is 2.83. The summed E-state index contributed by atoms with van der Waals surface area (Å²) in [7, 11) is -1.40. The lowest BCUT2D eigenvalue weighted by molar-refractivity contribution is -0.0617. The zero-order valence-electron chi connectivity index (χ0n) is 13.5. The standard InChI is InChI=1S/C13H21N2O8P/c1-7(6-24(18,19)20)9-10(21-2)11(22-3)12(23-9)15-5-4-8(16)14-13(15)17/h4-5,7,9-12H,6H2,1-3H3,(H,14,16,17)(H2,18,19,20)/t7-,9-,10?,11+,12-/m1/s1. The molecule has 5 atom stereocenters. The summed E-state index contributed by atoms with van der Waals surface area (Å²) in [5.74, 6) is -0.545. The highest BCUT2D eigenvalue weighted by molar-refractivity contribution is 7.51. The van der Waals surface area contributed by atoms with Gasteiger partial charge in [-0.2, -0.15) is 0 Å². The molecule has 0 bridgehead atoms. The van der Waals surface area contributed by atoms with Crippen LogP contribution in [0, 0.1) is 5.92 Å². The van der Waals surface area contributed by atoms with E-state index in [0.29, 0.717) is 0 Å². The van der Waals surface area contributed by atoms with Gasteiger partial charge >= 0.3 is 13.3 Å². The smallest absolute Gasteiger partial charge is 0.330 e. The lowest BCUT2D eigenvalue weighted by Crippen LogP contribution is -2.40. The summed E-state index contributed by atoms with van der Waals surface area (Å²) in [5, 5.41) is 0. The van der Waals surface area contributed by atoms with E-state index in [2.05, 4.69) is 4.98 Å². The molecule has 1 aliphatic rings. The van der Waals surface area contributed by atoms with Crippen molar-refractivity contribution in [3.63, 3.8) is 0 Å². The van der Waals surface area contributed by atoms with Crippen molar-refractivity contribution >= 4 is 7.60 Å². The Labute approximate surface area is 137 Å². The number of methoxy groups -OCH3 is 2. The summed E-state index contributed by atoms with van der Waals surface area (Å²) in [4.78, 5) is 43.7. The number of H-pyrrole nitrogens is 1. The summed E-state index contributed by atoms with van der Waals surface area (Å²) in [6.45, 7) is 1.63. The molecule has 2 rings (SSSR count). The summed E-state index contributed by atoms with van der Waals surface area (Å²) in [5.41, 5.74) is -1.22. The van der Waals surface area contributed by atoms with E-state index in [1.165, 1.54) is 26.5 Å². The monoisotopic (exact) mass is 364 g/mol. The average molecular weight is 364 g/mol. The molecule has 3 N–H and O–H groups in total. The molecule has 0 saturated carbocycles. The Bertz CT molecular complexity index is 725. The van der Waals surface area contributed by atoms with E-state index >= 15 is 0 Å². The first-order valence-corrected chi connectivity index (χ1v) is 9.04. The van der Waals surface area contributed by atoms with Gasteiger partial charge in [-0.05, 0) is 5.92 Å². The van der Waals surface area contributed by atoms with Gasteiger partial charge in [0.1, 0.15) is 12.2 Å². The minimum atomic E-state index is -4.24. The van der Waals surface area contributed by atoms with Crippen LogP contribution in [0.25, 0.3) is 0 Å². The van der Waals surface area contributed by atoms with Crippen molar-refractivity contribution in [1.82, 2.24) is 9.55 Å². The van der Waals surface area contributed by atoms with E-state index in [-0.39, 0.29) is 6.16 Å². The van der Waals surface area contributed by atoms with Crippen molar-refractivity contribution in [2.45, 2.75) is 31.5 Å². The zero-order chi connectivity index (χ0) is 18.1. The minimum absolute atomic E-state index is 0.388. The molecule has 0 aromatic carbocycles. The van der Waals surface area contributed by atoms with Crippen LogP contribution in [0.15, 0.2) is 21.9 Å². The van der Waals surface area contributed by atoms with E-state index in [0.717, 1.165) is 4.57 Å². The SMILES string of the molecule is COC1[C@@H]([C@H](C)CP(=O)(O)O)O[C@@H](n2ccc(=O)[nH]c2=O)[C@H]1OC. The Balaban J connectivity index is 2.35. The fraction of sp³-hybridized carbons (Fsp3) is 0.692. The fourth-order valence-corrected chi connectivity index (χ4v) is 3.93. The van der Waals surface area contributed by atoms with E-state index in [9.17, 15) is 23.9 Å². The van der Waals surface area contributed by atoms with Crippen molar-refractivity contribution < 1.29 is 28.6 Å². The van der Waals surface area contributed by atoms with Gasteiger partial charge in [0.05, 0.1) is 12.3 Å². The molecule has 24 heavy (non-hydrogen) atoms. The fourth-order valence-electron chi connectivity index (χ4n) is 2.97. The maximum absolute atomic E-state index is 12.0. The van der Waals surface area contributed by atoms with Gasteiger partial charge in [0.15, 0.2) is 6.23 Å². The van der Waals surface area contributed by atoms with Gasteiger partial charge in [0.2, 0.25) is 0 Å². The van der Waals surface area contributed by atoms with Crippen LogP contribution in [0.2, 0.25) is 0 Å². The van der Waals surface area contributed by atoms with E-state index < -0.39 is 49.3 Å². The molecule has 1 aliphatic heterocycles. The topological polar surface area (TPSA) is 140 Å². The Hall–Kier alpha value is -1.29. The molecule has 2 heterocycles. The molecule has 1 saturated heterocycles. The third kappa shape index (κ3) is 4.02. The van der Waals surface area contributed by atoms with E-state index in [1.807, 2.05) is 0 Å². The van der Waals surface area contributed by atoms with E-state index in [1.54, 1.807) is 6.92 Å². The van der Waals surface area contributed by atoms with Gasteiger partial charge in [-0.3, -0.25) is 18.9 Å². The van der Waals surface area contributed by atoms with Crippen LogP contribution >= 0.6 is 7.60 Å². The minimum Gasteiger partial charge on any atom is -0.376 e. The van der Waals surface area contributed by atoms with Crippen molar-refractivity contribution in [2.75, 3.05) is 20.4 Å². The van der Waals surface area contributed by atoms with Crippen LogP contribution in [0.3, 0.4) is 0 Å². The quantitative estimate of drug-likeness (QED) is 0.562. The zero-order valence-corrected chi connectivity index (χ0v) is 14.4. The predicted molar refractivity (Wildman–Crippen MR) is 82.9 cm³/mol. The van der Waals surface area contributed by atoms with Gasteiger partial charge in [-0.15, -0.1) is 0 Å². The highest BCUT2D eigenvalue weighted by Crippen LogP contribution is 2.42. The summed E-state index contributed by atoms with van der Waals surface area (Å²) in [6.07, 6.45) is -2.03. The number of aromatic amines is 1. The third-order valence-corrected chi connectivity index (χ3v) is 5.03.